The summed E-state index contributed by atoms with van der Waals surface area (Å²) in [5.41, 5.74) is 2.63. The van der Waals surface area contributed by atoms with Gasteiger partial charge >= 0.3 is 0 Å². The van der Waals surface area contributed by atoms with E-state index >= 15 is 0 Å². The zero-order valence-electron chi connectivity index (χ0n) is 18.0. The quantitative estimate of drug-likeness (QED) is 0.624. The van der Waals surface area contributed by atoms with Gasteiger partial charge < -0.3 is 14.6 Å². The molecule has 1 aromatic heterocycles. The van der Waals surface area contributed by atoms with Crippen molar-refractivity contribution in [3.8, 4) is 17.1 Å². The van der Waals surface area contributed by atoms with Crippen molar-refractivity contribution in [2.24, 2.45) is 5.92 Å². The Kier molecular flexibility index (Phi) is 6.62. The molecular weight excluding hydrogens is 392 g/mol. The van der Waals surface area contributed by atoms with Gasteiger partial charge in [0.05, 0.1) is 13.7 Å². The van der Waals surface area contributed by atoms with Crippen molar-refractivity contribution in [1.29, 1.82) is 0 Å². The number of nitrogens with one attached hydrogen (secondary N) is 1. The minimum absolute atomic E-state index is 0.167. The SMILES string of the molecule is COc1cccc(-c2noc(CNC(=O)c3ccc(CN4CCC(C)CC4)cc3)n2)c1. The lowest BCUT2D eigenvalue weighted by molar-refractivity contribution is 0.0946. The topological polar surface area (TPSA) is 80.5 Å². The highest BCUT2D eigenvalue weighted by Crippen LogP contribution is 2.21. The first-order valence-electron chi connectivity index (χ1n) is 10.7. The van der Waals surface area contributed by atoms with Crippen molar-refractivity contribution in [1.82, 2.24) is 20.4 Å². The summed E-state index contributed by atoms with van der Waals surface area (Å²) in [6.45, 7) is 5.71. The number of rotatable bonds is 7. The van der Waals surface area contributed by atoms with E-state index in [1.807, 2.05) is 48.5 Å². The van der Waals surface area contributed by atoms with Crippen LogP contribution in [0.5, 0.6) is 5.75 Å². The molecule has 2 heterocycles. The first kappa shape index (κ1) is 21.1. The molecule has 0 radical (unpaired) electrons. The van der Waals surface area contributed by atoms with E-state index in [0.29, 0.717) is 17.3 Å². The summed E-state index contributed by atoms with van der Waals surface area (Å²) in [7, 11) is 1.61. The molecule has 3 aromatic rings. The first-order chi connectivity index (χ1) is 15.1. The Labute approximate surface area is 182 Å². The number of methoxy groups -OCH3 is 1. The van der Waals surface area contributed by atoms with E-state index in [9.17, 15) is 4.79 Å². The Morgan fingerprint density at radius 3 is 2.71 bits per heavy atom. The third-order valence-electron chi connectivity index (χ3n) is 5.69. The monoisotopic (exact) mass is 420 g/mol. The van der Waals surface area contributed by atoms with E-state index in [2.05, 4.69) is 27.3 Å². The molecule has 0 atom stereocenters. The zero-order valence-corrected chi connectivity index (χ0v) is 18.0. The maximum atomic E-state index is 12.5. The largest absolute Gasteiger partial charge is 0.497 e. The summed E-state index contributed by atoms with van der Waals surface area (Å²) >= 11 is 0. The molecule has 7 nitrogen and oxygen atoms in total. The fourth-order valence-corrected chi connectivity index (χ4v) is 3.70. The number of hydrogen-bond acceptors (Lipinski definition) is 6. The smallest absolute Gasteiger partial charge is 0.251 e. The lowest BCUT2D eigenvalue weighted by Crippen LogP contribution is -2.32. The van der Waals surface area contributed by atoms with Gasteiger partial charge in [-0.05, 0) is 61.7 Å². The van der Waals surface area contributed by atoms with Crippen LogP contribution in [0, 0.1) is 5.92 Å². The van der Waals surface area contributed by atoms with Crippen molar-refractivity contribution < 1.29 is 14.1 Å². The predicted molar refractivity (Wildman–Crippen MR) is 118 cm³/mol. The molecule has 1 aliphatic rings. The van der Waals surface area contributed by atoms with E-state index in [0.717, 1.165) is 36.9 Å². The summed E-state index contributed by atoms with van der Waals surface area (Å²) in [6, 6.07) is 15.2. The molecule has 4 rings (SSSR count). The van der Waals surface area contributed by atoms with Crippen molar-refractivity contribution >= 4 is 5.91 Å². The van der Waals surface area contributed by atoms with E-state index < -0.39 is 0 Å². The van der Waals surface area contributed by atoms with Gasteiger partial charge in [-0.25, -0.2) is 0 Å². The third-order valence-corrected chi connectivity index (χ3v) is 5.69. The summed E-state index contributed by atoms with van der Waals surface area (Å²) in [5, 5.41) is 6.82. The van der Waals surface area contributed by atoms with Gasteiger partial charge in [0.15, 0.2) is 0 Å². The van der Waals surface area contributed by atoms with Crippen LogP contribution in [0.4, 0.5) is 0 Å². The Morgan fingerprint density at radius 2 is 1.97 bits per heavy atom. The normalized spacial score (nSPS) is 15.0. The van der Waals surface area contributed by atoms with Crippen LogP contribution < -0.4 is 10.1 Å². The van der Waals surface area contributed by atoms with Crippen LogP contribution >= 0.6 is 0 Å². The molecule has 0 bridgehead atoms. The van der Waals surface area contributed by atoms with Crippen molar-refractivity contribution in [2.75, 3.05) is 20.2 Å². The minimum Gasteiger partial charge on any atom is -0.497 e. The highest BCUT2D eigenvalue weighted by Gasteiger charge is 2.16. The summed E-state index contributed by atoms with van der Waals surface area (Å²) in [6.07, 6.45) is 2.52. The van der Waals surface area contributed by atoms with Crippen LogP contribution in [-0.4, -0.2) is 41.1 Å². The number of carbonyl (C=O) groups is 1. The number of piperidine rings is 1. The van der Waals surface area contributed by atoms with Crippen LogP contribution in [0.2, 0.25) is 0 Å². The molecule has 0 aliphatic carbocycles. The minimum atomic E-state index is -0.167. The van der Waals surface area contributed by atoms with Crippen molar-refractivity contribution in [3.05, 3.63) is 65.5 Å². The standard InChI is InChI=1S/C24H28N4O3/c1-17-10-12-28(13-11-17)16-18-6-8-19(9-7-18)24(29)25-15-22-26-23(27-31-22)20-4-3-5-21(14-20)30-2/h3-9,14,17H,10-13,15-16H2,1-2H3,(H,25,29). The van der Waals surface area contributed by atoms with Gasteiger partial charge in [-0.1, -0.05) is 36.3 Å². The van der Waals surface area contributed by atoms with E-state index in [-0.39, 0.29) is 12.5 Å². The lowest BCUT2D eigenvalue weighted by atomic mass is 9.99. The Morgan fingerprint density at radius 1 is 1.19 bits per heavy atom. The second kappa shape index (κ2) is 9.75. The summed E-state index contributed by atoms with van der Waals surface area (Å²) < 4.78 is 10.5. The molecule has 0 unspecified atom stereocenters. The van der Waals surface area contributed by atoms with Crippen molar-refractivity contribution in [2.45, 2.75) is 32.9 Å². The van der Waals surface area contributed by atoms with Crippen LogP contribution in [0.15, 0.2) is 53.1 Å². The Bertz CT molecular complexity index is 1010. The van der Waals surface area contributed by atoms with Gasteiger partial charge in [-0.2, -0.15) is 4.98 Å². The second-order valence-corrected chi connectivity index (χ2v) is 8.08. The first-order valence-corrected chi connectivity index (χ1v) is 10.7. The number of hydrogen-bond donors (Lipinski definition) is 1. The highest BCUT2D eigenvalue weighted by molar-refractivity contribution is 5.94. The van der Waals surface area contributed by atoms with Crippen molar-refractivity contribution in [3.63, 3.8) is 0 Å². The molecule has 1 saturated heterocycles. The van der Waals surface area contributed by atoms with E-state index in [1.165, 1.54) is 18.4 Å². The maximum Gasteiger partial charge on any atom is 0.251 e. The number of nitrogens with zero attached hydrogens (tertiary/aromatic N) is 3. The fraction of sp³-hybridized carbons (Fsp3) is 0.375. The number of aromatic nitrogens is 2. The van der Waals surface area contributed by atoms with E-state index in [1.54, 1.807) is 7.11 Å². The molecule has 162 valence electrons. The fourth-order valence-electron chi connectivity index (χ4n) is 3.70. The molecule has 2 aromatic carbocycles. The van der Waals surface area contributed by atoms with E-state index in [4.69, 9.17) is 9.26 Å². The highest BCUT2D eigenvalue weighted by atomic mass is 16.5. The average Bonchev–Trinajstić information content (AvgIpc) is 3.29. The van der Waals surface area contributed by atoms with Gasteiger partial charge in [0, 0.05) is 17.7 Å². The Hall–Kier alpha value is -3.19. The molecule has 0 saturated carbocycles. The van der Waals surface area contributed by atoms with Gasteiger partial charge in [0.1, 0.15) is 5.75 Å². The molecule has 1 N–H and O–H groups in total. The predicted octanol–water partition coefficient (Wildman–Crippen LogP) is 3.91. The molecule has 1 amide bonds. The van der Waals surface area contributed by atoms with Crippen LogP contribution in [0.1, 0.15) is 41.6 Å². The number of amides is 1. The summed E-state index contributed by atoms with van der Waals surface area (Å²) in [4.78, 5) is 19.3. The van der Waals surface area contributed by atoms with Gasteiger partial charge in [0.25, 0.3) is 5.91 Å². The molecule has 1 aliphatic heterocycles. The van der Waals surface area contributed by atoms with Gasteiger partial charge in [-0.3, -0.25) is 9.69 Å². The van der Waals surface area contributed by atoms with Crippen LogP contribution in [0.3, 0.4) is 0 Å². The molecule has 0 spiro atoms. The molecule has 31 heavy (non-hydrogen) atoms. The number of benzene rings is 2. The maximum absolute atomic E-state index is 12.5. The molecule has 7 heteroatoms. The third kappa shape index (κ3) is 5.49. The number of carbonyl (C=O) groups excluding carboxylic acids is 1. The number of likely N-dealkylation sites (tertiary alicyclic amines) is 1. The zero-order chi connectivity index (χ0) is 21.6. The van der Waals surface area contributed by atoms with Crippen LogP contribution in [0.25, 0.3) is 11.4 Å². The van der Waals surface area contributed by atoms with Gasteiger partial charge in [0.2, 0.25) is 11.7 Å². The molecule has 1 fully saturated rings. The number of ether oxygens (including phenoxy) is 1. The van der Waals surface area contributed by atoms with Gasteiger partial charge in [-0.15, -0.1) is 0 Å². The van der Waals surface area contributed by atoms with Crippen LogP contribution in [-0.2, 0) is 13.1 Å². The second-order valence-electron chi connectivity index (χ2n) is 8.08. The Balaban J connectivity index is 1.30. The lowest BCUT2D eigenvalue weighted by Gasteiger charge is -2.30. The molecular formula is C24H28N4O3. The summed E-state index contributed by atoms with van der Waals surface area (Å²) in [5.74, 6) is 2.18. The average molecular weight is 421 g/mol.